The summed E-state index contributed by atoms with van der Waals surface area (Å²) in [6.45, 7) is 13.6. The molecule has 3 amide bonds. The van der Waals surface area contributed by atoms with Crippen LogP contribution in [-0.4, -0.2) is 76.7 Å². The summed E-state index contributed by atoms with van der Waals surface area (Å²) in [6.07, 6.45) is 7.82. The predicted octanol–water partition coefficient (Wildman–Crippen LogP) is 3.43. The summed E-state index contributed by atoms with van der Waals surface area (Å²) in [7, 11) is 0. The largest absolute Gasteiger partial charge is 0.444 e. The third kappa shape index (κ3) is 10.5. The second kappa shape index (κ2) is 16.1. The highest BCUT2D eigenvalue weighted by molar-refractivity contribution is 6.38. The zero-order valence-corrected chi connectivity index (χ0v) is 25.2. The number of Topliss-reactive ketones (excluding diaryl/α,β-unsaturated/α-hetero) is 1. The second-order valence-corrected chi connectivity index (χ2v) is 12.5. The van der Waals surface area contributed by atoms with E-state index in [1.54, 1.807) is 25.7 Å². The lowest BCUT2D eigenvalue weighted by Gasteiger charge is -2.37. The summed E-state index contributed by atoms with van der Waals surface area (Å²) < 4.78 is 5.47. The summed E-state index contributed by atoms with van der Waals surface area (Å²) in [4.78, 5) is 53.8. The van der Waals surface area contributed by atoms with Crippen LogP contribution in [0.3, 0.4) is 0 Å². The molecule has 40 heavy (non-hydrogen) atoms. The first-order valence-electron chi connectivity index (χ1n) is 15.0. The molecule has 0 saturated carbocycles. The fraction of sp³-hybridized carbons (Fsp3) is 0.800. The molecule has 228 valence electrons. The van der Waals surface area contributed by atoms with E-state index in [4.69, 9.17) is 4.74 Å². The third-order valence-electron chi connectivity index (χ3n) is 7.78. The average Bonchev–Trinajstić information content (AvgIpc) is 3.32. The molecule has 10 nitrogen and oxygen atoms in total. The fourth-order valence-corrected chi connectivity index (χ4v) is 5.70. The molecule has 0 aromatic heterocycles. The van der Waals surface area contributed by atoms with Gasteiger partial charge in [-0.1, -0.05) is 64.9 Å². The standard InChI is InChI=1S/C30H52N4O6/c1-7-18-31-27(37)25(35)22-15-13-11-9-8-10-12-14-16-23(33-29(39)40-30(4,5)6)28(38)34-19-17-21(20(2)3)24(34)26(36)32-22/h7,20-24,28,38H,1,8-19H2,2-6H3,(H,31,37)(H,32,36)(H,33,39)/t21-,22+,23+,24+,28?/m1/s1. The SMILES string of the molecule is C=CCNC(=O)C(=O)[C@@H]1CCCCCCCCC[C@H](NC(=O)OC(C)(C)C)C(O)N2CC[C@H](C(C)C)[C@H]2C(=O)N1. The lowest BCUT2D eigenvalue weighted by atomic mass is 9.87. The van der Waals surface area contributed by atoms with Crippen LogP contribution in [-0.2, 0) is 19.1 Å². The Morgan fingerprint density at radius 3 is 2.25 bits per heavy atom. The van der Waals surface area contributed by atoms with Crippen molar-refractivity contribution in [1.82, 2.24) is 20.9 Å². The van der Waals surface area contributed by atoms with Crippen molar-refractivity contribution in [2.24, 2.45) is 11.8 Å². The first-order chi connectivity index (χ1) is 18.9. The van der Waals surface area contributed by atoms with Crippen molar-refractivity contribution in [3.8, 4) is 0 Å². The summed E-state index contributed by atoms with van der Waals surface area (Å²) in [5, 5.41) is 19.9. The number of fused-ring (bicyclic) bond motifs is 1. The second-order valence-electron chi connectivity index (χ2n) is 12.5. The van der Waals surface area contributed by atoms with Gasteiger partial charge < -0.3 is 25.8 Å². The Labute approximate surface area is 240 Å². The molecular weight excluding hydrogens is 512 g/mol. The molecule has 10 heteroatoms. The van der Waals surface area contributed by atoms with Crippen LogP contribution in [0.1, 0.15) is 98.8 Å². The number of alkyl carbamates (subject to hydrolysis) is 1. The quantitative estimate of drug-likeness (QED) is 0.287. The number of ether oxygens (including phenoxy) is 1. The van der Waals surface area contributed by atoms with Gasteiger partial charge in [-0.05, 0) is 51.9 Å². The minimum atomic E-state index is -1.12. The smallest absolute Gasteiger partial charge is 0.408 e. The third-order valence-corrected chi connectivity index (χ3v) is 7.78. The number of aliphatic hydroxyl groups is 1. The fourth-order valence-electron chi connectivity index (χ4n) is 5.70. The minimum absolute atomic E-state index is 0.0685. The molecule has 4 N–H and O–H groups in total. The minimum Gasteiger partial charge on any atom is -0.444 e. The van der Waals surface area contributed by atoms with Gasteiger partial charge >= 0.3 is 6.09 Å². The predicted molar refractivity (Wildman–Crippen MR) is 154 cm³/mol. The van der Waals surface area contributed by atoms with Crippen LogP contribution in [0.15, 0.2) is 12.7 Å². The molecule has 2 saturated heterocycles. The normalized spacial score (nSPS) is 27.8. The van der Waals surface area contributed by atoms with E-state index in [2.05, 4.69) is 22.5 Å². The van der Waals surface area contributed by atoms with Gasteiger partial charge in [-0.15, -0.1) is 6.58 Å². The summed E-state index contributed by atoms with van der Waals surface area (Å²) in [5.74, 6) is -1.73. The van der Waals surface area contributed by atoms with E-state index in [1.807, 2.05) is 13.8 Å². The van der Waals surface area contributed by atoms with Gasteiger partial charge in [-0.25, -0.2) is 4.79 Å². The highest BCUT2D eigenvalue weighted by Gasteiger charge is 2.46. The van der Waals surface area contributed by atoms with Crippen LogP contribution in [0.25, 0.3) is 0 Å². The van der Waals surface area contributed by atoms with Gasteiger partial charge in [0.1, 0.15) is 11.8 Å². The van der Waals surface area contributed by atoms with Gasteiger partial charge in [0.25, 0.3) is 5.91 Å². The van der Waals surface area contributed by atoms with E-state index in [-0.39, 0.29) is 24.3 Å². The van der Waals surface area contributed by atoms with E-state index in [0.29, 0.717) is 25.8 Å². The summed E-state index contributed by atoms with van der Waals surface area (Å²) in [6, 6.07) is -2.29. The Hall–Kier alpha value is -2.46. The van der Waals surface area contributed by atoms with E-state index in [1.165, 1.54) is 6.08 Å². The maximum absolute atomic E-state index is 13.8. The number of rotatable bonds is 6. The number of hydrogen-bond acceptors (Lipinski definition) is 7. The first-order valence-corrected chi connectivity index (χ1v) is 15.0. The molecule has 0 aromatic rings. The molecule has 2 heterocycles. The molecular formula is C30H52N4O6. The highest BCUT2D eigenvalue weighted by Crippen LogP contribution is 2.33. The summed E-state index contributed by atoms with van der Waals surface area (Å²) in [5.41, 5.74) is -0.689. The van der Waals surface area contributed by atoms with E-state index < -0.39 is 47.7 Å². The van der Waals surface area contributed by atoms with Gasteiger partial charge in [0.15, 0.2) is 0 Å². The molecule has 0 bridgehead atoms. The van der Waals surface area contributed by atoms with Crippen molar-refractivity contribution in [2.45, 2.75) is 129 Å². The number of hydrogen-bond donors (Lipinski definition) is 4. The molecule has 0 aliphatic carbocycles. The van der Waals surface area contributed by atoms with Crippen molar-refractivity contribution in [3.05, 3.63) is 12.7 Å². The monoisotopic (exact) mass is 564 g/mol. The molecule has 0 aromatic carbocycles. The number of nitrogens with one attached hydrogen (secondary N) is 3. The molecule has 1 unspecified atom stereocenters. The molecule has 0 radical (unpaired) electrons. The number of amides is 3. The Bertz CT molecular complexity index is 871. The van der Waals surface area contributed by atoms with Crippen molar-refractivity contribution < 1.29 is 29.0 Å². The molecule has 2 rings (SSSR count). The number of ketones is 1. The van der Waals surface area contributed by atoms with Crippen molar-refractivity contribution in [3.63, 3.8) is 0 Å². The lowest BCUT2D eigenvalue weighted by molar-refractivity contribution is -0.141. The average molecular weight is 565 g/mol. The molecule has 2 fully saturated rings. The Kier molecular flexibility index (Phi) is 13.6. The highest BCUT2D eigenvalue weighted by atomic mass is 16.6. The van der Waals surface area contributed by atoms with Gasteiger partial charge in [0.05, 0.1) is 18.1 Å². The zero-order valence-electron chi connectivity index (χ0n) is 25.2. The molecule has 2 aliphatic rings. The van der Waals surface area contributed by atoms with Crippen LogP contribution in [0.2, 0.25) is 0 Å². The Balaban J connectivity index is 2.35. The van der Waals surface area contributed by atoms with E-state index >= 15 is 0 Å². The van der Waals surface area contributed by atoms with Gasteiger partial charge in [-0.2, -0.15) is 0 Å². The topological polar surface area (TPSA) is 137 Å². The van der Waals surface area contributed by atoms with Crippen LogP contribution in [0.4, 0.5) is 4.79 Å². The van der Waals surface area contributed by atoms with E-state index in [9.17, 15) is 24.3 Å². The number of carbonyl (C=O) groups is 4. The number of carbonyl (C=O) groups excluding carboxylic acids is 4. The lowest BCUT2D eigenvalue weighted by Crippen LogP contribution is -2.59. The van der Waals surface area contributed by atoms with Gasteiger partial charge in [0, 0.05) is 13.1 Å². The van der Waals surface area contributed by atoms with Crippen LogP contribution in [0, 0.1) is 11.8 Å². The summed E-state index contributed by atoms with van der Waals surface area (Å²) >= 11 is 0. The maximum atomic E-state index is 13.8. The van der Waals surface area contributed by atoms with Crippen LogP contribution in [0.5, 0.6) is 0 Å². The number of aliphatic hydroxyl groups excluding tert-OH is 1. The van der Waals surface area contributed by atoms with Gasteiger partial charge in [0.2, 0.25) is 11.7 Å². The molecule has 2 aliphatic heterocycles. The van der Waals surface area contributed by atoms with Crippen molar-refractivity contribution >= 4 is 23.7 Å². The van der Waals surface area contributed by atoms with Crippen molar-refractivity contribution in [2.75, 3.05) is 13.1 Å². The number of nitrogens with zero attached hydrogens (tertiary/aromatic N) is 1. The Morgan fingerprint density at radius 1 is 1.07 bits per heavy atom. The molecule has 0 spiro atoms. The first kappa shape index (κ1) is 33.7. The van der Waals surface area contributed by atoms with Crippen LogP contribution < -0.4 is 16.0 Å². The molecule has 5 atom stereocenters. The van der Waals surface area contributed by atoms with Crippen molar-refractivity contribution in [1.29, 1.82) is 0 Å². The van der Waals surface area contributed by atoms with Gasteiger partial charge in [-0.3, -0.25) is 19.3 Å². The maximum Gasteiger partial charge on any atom is 0.408 e. The Morgan fingerprint density at radius 2 is 1.68 bits per heavy atom. The van der Waals surface area contributed by atoms with E-state index in [0.717, 1.165) is 44.9 Å². The van der Waals surface area contributed by atoms with Crippen LogP contribution >= 0.6 is 0 Å². The zero-order chi connectivity index (χ0) is 29.9.